The van der Waals surface area contributed by atoms with Crippen molar-refractivity contribution in [1.82, 2.24) is 0 Å². The summed E-state index contributed by atoms with van der Waals surface area (Å²) >= 11 is 0. The van der Waals surface area contributed by atoms with Crippen LogP contribution in [0.15, 0.2) is 53.7 Å². The van der Waals surface area contributed by atoms with Crippen molar-refractivity contribution in [3.8, 4) is 11.5 Å². The van der Waals surface area contributed by atoms with Gasteiger partial charge in [0.1, 0.15) is 18.1 Å². The molecule has 2 rings (SSSR count). The molecule has 2 aromatic carbocycles. The molecule has 0 aliphatic heterocycles. The van der Waals surface area contributed by atoms with E-state index >= 15 is 0 Å². The Hall–Kier alpha value is -2.49. The van der Waals surface area contributed by atoms with Crippen LogP contribution in [0.3, 0.4) is 0 Å². The standard InChI is InChI=1S/C15H15NO3/c1-11(16-18)14-8-7-13(9-15(14)17)19-10-12-5-3-2-4-6-12/h2-9,17-18H,10H2,1H3/b16-11-. The first kappa shape index (κ1) is 13.0. The quantitative estimate of drug-likeness (QED) is 0.502. The van der Waals surface area contributed by atoms with Crippen molar-refractivity contribution in [1.29, 1.82) is 0 Å². The molecule has 0 saturated carbocycles. The first-order chi connectivity index (χ1) is 9.20. The van der Waals surface area contributed by atoms with Gasteiger partial charge >= 0.3 is 0 Å². The van der Waals surface area contributed by atoms with Crippen LogP contribution in [0, 0.1) is 0 Å². The molecule has 0 atom stereocenters. The van der Waals surface area contributed by atoms with Crippen molar-refractivity contribution in [2.24, 2.45) is 5.16 Å². The second-order valence-corrected chi connectivity index (χ2v) is 4.14. The average molecular weight is 257 g/mol. The summed E-state index contributed by atoms with van der Waals surface area (Å²) in [6, 6.07) is 14.7. The summed E-state index contributed by atoms with van der Waals surface area (Å²) in [4.78, 5) is 0. The minimum absolute atomic E-state index is 0.0286. The van der Waals surface area contributed by atoms with Crippen LogP contribution in [0.2, 0.25) is 0 Å². The fourth-order valence-electron chi connectivity index (χ4n) is 1.70. The summed E-state index contributed by atoms with van der Waals surface area (Å²) in [5, 5.41) is 21.6. The molecule has 0 aliphatic carbocycles. The van der Waals surface area contributed by atoms with Crippen molar-refractivity contribution in [3.63, 3.8) is 0 Å². The number of oxime groups is 1. The number of benzene rings is 2. The summed E-state index contributed by atoms with van der Waals surface area (Å²) in [7, 11) is 0. The third-order valence-electron chi connectivity index (χ3n) is 2.76. The third-order valence-corrected chi connectivity index (χ3v) is 2.76. The lowest BCUT2D eigenvalue weighted by Gasteiger charge is -2.08. The predicted octanol–water partition coefficient (Wildman–Crippen LogP) is 3.17. The molecule has 0 aliphatic rings. The van der Waals surface area contributed by atoms with E-state index in [-0.39, 0.29) is 5.75 Å². The highest BCUT2D eigenvalue weighted by molar-refractivity contribution is 6.00. The molecule has 19 heavy (non-hydrogen) atoms. The Balaban J connectivity index is 2.09. The van der Waals surface area contributed by atoms with E-state index in [0.29, 0.717) is 23.6 Å². The van der Waals surface area contributed by atoms with Gasteiger partial charge in [0.2, 0.25) is 0 Å². The molecule has 4 heteroatoms. The summed E-state index contributed by atoms with van der Waals surface area (Å²) in [6.45, 7) is 2.05. The molecule has 0 fully saturated rings. The number of hydrogen-bond donors (Lipinski definition) is 2. The first-order valence-electron chi connectivity index (χ1n) is 5.89. The minimum atomic E-state index is 0.0286. The SMILES string of the molecule is C/C(=N/O)c1ccc(OCc2ccccc2)cc1O. The lowest BCUT2D eigenvalue weighted by molar-refractivity contribution is 0.304. The molecule has 98 valence electrons. The van der Waals surface area contributed by atoms with Crippen LogP contribution in [0.25, 0.3) is 0 Å². The maximum Gasteiger partial charge on any atom is 0.128 e. The van der Waals surface area contributed by atoms with E-state index in [2.05, 4.69) is 5.16 Å². The smallest absolute Gasteiger partial charge is 0.128 e. The van der Waals surface area contributed by atoms with Gasteiger partial charge in [-0.05, 0) is 24.6 Å². The second-order valence-electron chi connectivity index (χ2n) is 4.14. The van der Waals surface area contributed by atoms with Crippen molar-refractivity contribution >= 4 is 5.71 Å². The molecule has 0 amide bonds. The van der Waals surface area contributed by atoms with Crippen LogP contribution < -0.4 is 4.74 Å². The monoisotopic (exact) mass is 257 g/mol. The first-order valence-corrected chi connectivity index (χ1v) is 5.89. The van der Waals surface area contributed by atoms with Gasteiger partial charge in [-0.1, -0.05) is 35.5 Å². The van der Waals surface area contributed by atoms with Gasteiger partial charge < -0.3 is 15.1 Å². The van der Waals surface area contributed by atoms with Crippen LogP contribution in [-0.4, -0.2) is 16.0 Å². The van der Waals surface area contributed by atoms with Crippen molar-refractivity contribution < 1.29 is 15.1 Å². The highest BCUT2D eigenvalue weighted by Crippen LogP contribution is 2.24. The molecule has 2 N–H and O–H groups in total. The number of aromatic hydroxyl groups is 1. The van der Waals surface area contributed by atoms with E-state index in [0.717, 1.165) is 5.56 Å². The Morgan fingerprint density at radius 1 is 1.16 bits per heavy atom. The molecule has 2 aromatic rings. The zero-order valence-corrected chi connectivity index (χ0v) is 10.6. The topological polar surface area (TPSA) is 62.1 Å². The summed E-state index contributed by atoms with van der Waals surface area (Å²) < 4.78 is 5.58. The average Bonchev–Trinajstić information content (AvgIpc) is 2.45. The highest BCUT2D eigenvalue weighted by atomic mass is 16.5. The molecule has 4 nitrogen and oxygen atoms in total. The Kier molecular flexibility index (Phi) is 4.03. The van der Waals surface area contributed by atoms with Crippen LogP contribution in [-0.2, 0) is 6.61 Å². The maximum absolute atomic E-state index is 9.82. The zero-order chi connectivity index (χ0) is 13.7. The third kappa shape index (κ3) is 3.25. The normalized spacial score (nSPS) is 11.3. The van der Waals surface area contributed by atoms with Crippen LogP contribution in [0.4, 0.5) is 0 Å². The van der Waals surface area contributed by atoms with Gasteiger partial charge in [-0.3, -0.25) is 0 Å². The van der Waals surface area contributed by atoms with E-state index in [1.807, 2.05) is 30.3 Å². The Morgan fingerprint density at radius 3 is 2.53 bits per heavy atom. The molecular weight excluding hydrogens is 242 g/mol. The summed E-state index contributed by atoms with van der Waals surface area (Å²) in [5.41, 5.74) is 1.89. The number of ether oxygens (including phenoxy) is 1. The number of rotatable bonds is 4. The van der Waals surface area contributed by atoms with E-state index in [9.17, 15) is 5.11 Å². The van der Waals surface area contributed by atoms with Crippen LogP contribution >= 0.6 is 0 Å². The second kappa shape index (κ2) is 5.91. The molecule has 0 saturated heterocycles. The van der Waals surface area contributed by atoms with Crippen molar-refractivity contribution in [3.05, 3.63) is 59.7 Å². The minimum Gasteiger partial charge on any atom is -0.507 e. The molecule has 0 heterocycles. The highest BCUT2D eigenvalue weighted by Gasteiger charge is 2.06. The van der Waals surface area contributed by atoms with Gasteiger partial charge in [0, 0.05) is 11.6 Å². The van der Waals surface area contributed by atoms with Crippen LogP contribution in [0.5, 0.6) is 11.5 Å². The fraction of sp³-hybridized carbons (Fsp3) is 0.133. The predicted molar refractivity (Wildman–Crippen MR) is 72.9 cm³/mol. The number of nitrogens with zero attached hydrogens (tertiary/aromatic N) is 1. The Morgan fingerprint density at radius 2 is 1.89 bits per heavy atom. The molecule has 0 spiro atoms. The zero-order valence-electron chi connectivity index (χ0n) is 10.6. The lowest BCUT2D eigenvalue weighted by Crippen LogP contribution is -1.98. The van der Waals surface area contributed by atoms with E-state index in [4.69, 9.17) is 9.94 Å². The molecule has 0 unspecified atom stereocenters. The molecular formula is C15H15NO3. The molecule has 0 bridgehead atoms. The molecule has 0 radical (unpaired) electrons. The number of hydrogen-bond acceptors (Lipinski definition) is 4. The lowest BCUT2D eigenvalue weighted by atomic mass is 10.1. The Bertz CT molecular complexity index is 579. The van der Waals surface area contributed by atoms with Gasteiger partial charge in [0.05, 0.1) is 5.71 Å². The summed E-state index contributed by atoms with van der Waals surface area (Å²) in [5.74, 6) is 0.594. The molecule has 0 aromatic heterocycles. The van der Waals surface area contributed by atoms with Gasteiger partial charge in [0.25, 0.3) is 0 Å². The number of phenols is 1. The fourth-order valence-corrected chi connectivity index (χ4v) is 1.70. The van der Waals surface area contributed by atoms with E-state index < -0.39 is 0 Å². The largest absolute Gasteiger partial charge is 0.507 e. The van der Waals surface area contributed by atoms with Gasteiger partial charge in [-0.15, -0.1) is 0 Å². The van der Waals surface area contributed by atoms with Gasteiger partial charge in [-0.25, -0.2) is 0 Å². The maximum atomic E-state index is 9.82. The van der Waals surface area contributed by atoms with Gasteiger partial charge in [0.15, 0.2) is 0 Å². The van der Waals surface area contributed by atoms with Crippen molar-refractivity contribution in [2.75, 3.05) is 0 Å². The number of phenolic OH excluding ortho intramolecular Hbond substituents is 1. The van der Waals surface area contributed by atoms with Crippen molar-refractivity contribution in [2.45, 2.75) is 13.5 Å². The van der Waals surface area contributed by atoms with E-state index in [1.54, 1.807) is 19.1 Å². The van der Waals surface area contributed by atoms with Gasteiger partial charge in [-0.2, -0.15) is 0 Å². The summed E-state index contributed by atoms with van der Waals surface area (Å²) in [6.07, 6.45) is 0. The van der Waals surface area contributed by atoms with E-state index in [1.165, 1.54) is 6.07 Å². The van der Waals surface area contributed by atoms with Crippen LogP contribution in [0.1, 0.15) is 18.1 Å². The Labute approximate surface area is 111 Å².